The van der Waals surface area contributed by atoms with E-state index in [2.05, 4.69) is 20.4 Å². The fourth-order valence-corrected chi connectivity index (χ4v) is 2.28. The minimum absolute atomic E-state index is 0.0485. The maximum Gasteiger partial charge on any atom is 0.119 e. The first kappa shape index (κ1) is 24.7. The highest BCUT2D eigenvalue weighted by Crippen LogP contribution is 2.16. The Morgan fingerprint density at radius 1 is 0.793 bits per heavy atom. The molecule has 1 N–H and O–H groups in total. The van der Waals surface area contributed by atoms with Gasteiger partial charge >= 0.3 is 0 Å². The quantitative estimate of drug-likeness (QED) is 0.407. The lowest BCUT2D eigenvalue weighted by Crippen LogP contribution is -2.25. The third-order valence-electron chi connectivity index (χ3n) is 4.64. The number of hydrogen-bond donors (Lipinski definition) is 1. The maximum atomic E-state index is 8.90. The van der Waals surface area contributed by atoms with Gasteiger partial charge in [0.1, 0.15) is 23.7 Å². The van der Waals surface area contributed by atoms with Crippen molar-refractivity contribution in [2.75, 3.05) is 19.8 Å². The Morgan fingerprint density at radius 2 is 1.24 bits per heavy atom. The highest BCUT2D eigenvalue weighted by molar-refractivity contribution is 5.21. The predicted molar refractivity (Wildman–Crippen MR) is 119 cm³/mol. The van der Waals surface area contributed by atoms with E-state index in [0.717, 1.165) is 11.5 Å². The zero-order valence-electron chi connectivity index (χ0n) is 18.2. The number of aliphatic hydroxyl groups is 1. The minimum Gasteiger partial charge on any atom is -0.490 e. The summed E-state index contributed by atoms with van der Waals surface area (Å²) < 4.78 is 16.8. The van der Waals surface area contributed by atoms with Gasteiger partial charge in [-0.3, -0.25) is 0 Å². The van der Waals surface area contributed by atoms with Crippen molar-refractivity contribution in [1.82, 2.24) is 0 Å². The molecule has 0 aliphatic carbocycles. The molecule has 2 aromatic rings. The molecule has 0 saturated heterocycles. The average molecular weight is 401 g/mol. The molecule has 0 unspecified atom stereocenters. The minimum atomic E-state index is 0.0485. The van der Waals surface area contributed by atoms with Crippen LogP contribution in [0.25, 0.3) is 0 Å². The number of benzene rings is 2. The second kappa shape index (κ2) is 14.7. The van der Waals surface area contributed by atoms with E-state index < -0.39 is 0 Å². The fraction of sp³-hybridized carbons (Fsp3) is 0.440. The molecule has 0 amide bonds. The van der Waals surface area contributed by atoms with E-state index in [9.17, 15) is 0 Å². The second-order valence-corrected chi connectivity index (χ2v) is 7.24. The first-order valence-corrected chi connectivity index (χ1v) is 10.2. The summed E-state index contributed by atoms with van der Waals surface area (Å²) in [4.78, 5) is 0. The number of ether oxygens (including phenoxy) is 3. The smallest absolute Gasteiger partial charge is 0.119 e. The molecule has 29 heavy (non-hydrogen) atoms. The monoisotopic (exact) mass is 400 g/mol. The normalized spacial score (nSPS) is 14.5. The van der Waals surface area contributed by atoms with E-state index in [1.54, 1.807) is 6.08 Å². The van der Waals surface area contributed by atoms with Crippen LogP contribution in [0.1, 0.15) is 27.7 Å². The molecule has 0 radical (unpaired) electrons. The summed E-state index contributed by atoms with van der Waals surface area (Å²) in [5.74, 6) is 2.29. The lowest BCUT2D eigenvalue weighted by molar-refractivity contribution is 0.0677. The van der Waals surface area contributed by atoms with Gasteiger partial charge in [0.2, 0.25) is 0 Å². The molecule has 2 rings (SSSR count). The molecule has 0 spiro atoms. The summed E-state index contributed by atoms with van der Waals surface area (Å²) in [5.41, 5.74) is 0. The highest BCUT2D eigenvalue weighted by atomic mass is 16.5. The summed E-state index contributed by atoms with van der Waals surface area (Å²) in [6.45, 7) is 13.2. The van der Waals surface area contributed by atoms with Crippen molar-refractivity contribution in [3.63, 3.8) is 0 Å². The van der Waals surface area contributed by atoms with Gasteiger partial charge in [-0.2, -0.15) is 0 Å². The summed E-state index contributed by atoms with van der Waals surface area (Å²) >= 11 is 0. The van der Waals surface area contributed by atoms with Crippen LogP contribution in [0, 0.1) is 11.8 Å². The molecule has 0 aromatic heterocycles. The summed E-state index contributed by atoms with van der Waals surface area (Å²) in [6.07, 6.45) is 1.95. The van der Waals surface area contributed by atoms with Crippen molar-refractivity contribution in [1.29, 1.82) is 0 Å². The van der Waals surface area contributed by atoms with Crippen molar-refractivity contribution in [2.24, 2.45) is 11.8 Å². The van der Waals surface area contributed by atoms with Gasteiger partial charge in [-0.25, -0.2) is 0 Å². The van der Waals surface area contributed by atoms with Crippen LogP contribution in [0.5, 0.6) is 11.5 Å². The summed E-state index contributed by atoms with van der Waals surface area (Å²) in [5, 5.41) is 8.90. The molecule has 0 aliphatic rings. The Kier molecular flexibility index (Phi) is 12.5. The molecular weight excluding hydrogens is 364 g/mol. The molecular formula is C25H36O4. The van der Waals surface area contributed by atoms with Crippen LogP contribution < -0.4 is 9.47 Å². The predicted octanol–water partition coefficient (Wildman–Crippen LogP) is 5.37. The second-order valence-electron chi connectivity index (χ2n) is 7.24. The number of rotatable bonds is 11. The topological polar surface area (TPSA) is 47.9 Å². The van der Waals surface area contributed by atoms with E-state index in [-0.39, 0.29) is 24.7 Å². The molecule has 4 atom stereocenters. The van der Waals surface area contributed by atoms with Crippen molar-refractivity contribution in [3.8, 4) is 11.5 Å². The molecule has 0 heterocycles. The first-order valence-electron chi connectivity index (χ1n) is 10.2. The van der Waals surface area contributed by atoms with Crippen LogP contribution in [0.4, 0.5) is 0 Å². The van der Waals surface area contributed by atoms with Crippen LogP contribution in [0.15, 0.2) is 73.3 Å². The van der Waals surface area contributed by atoms with Crippen molar-refractivity contribution in [2.45, 2.75) is 39.9 Å². The number of para-hydroxylation sites is 2. The largest absolute Gasteiger partial charge is 0.490 e. The lowest BCUT2D eigenvalue weighted by Gasteiger charge is -2.21. The Balaban J connectivity index is 0.000000296. The number of hydrogen-bond acceptors (Lipinski definition) is 4. The van der Waals surface area contributed by atoms with Gasteiger partial charge in [0.25, 0.3) is 0 Å². The summed E-state index contributed by atoms with van der Waals surface area (Å²) in [7, 11) is 0. The number of aliphatic hydroxyl groups excluding tert-OH is 1. The van der Waals surface area contributed by atoms with Crippen LogP contribution >= 0.6 is 0 Å². The van der Waals surface area contributed by atoms with Gasteiger partial charge in [-0.1, -0.05) is 56.3 Å². The third-order valence-corrected chi connectivity index (χ3v) is 4.64. The van der Waals surface area contributed by atoms with Crippen molar-refractivity contribution < 1.29 is 19.3 Å². The molecule has 2 aromatic carbocycles. The Bertz CT molecular complexity index is 644. The first-order chi connectivity index (χ1) is 14.0. The zero-order chi connectivity index (χ0) is 21.5. The standard InChI is InChI=1S/C14H20O2.C11H16O2/c1-4-10-15-11-12(2)13(3)16-14-8-6-5-7-9-14;1-9(8-12)10(2)13-11-6-4-3-5-7-11/h4-9,12-13H,1,10-11H2,2-3H3;3-7,9-10,12H,8H2,1-2H3/t12-,13+;9-,10+/m11/s1. The Morgan fingerprint density at radius 3 is 1.66 bits per heavy atom. The van der Waals surface area contributed by atoms with Gasteiger partial charge in [0.05, 0.1) is 13.2 Å². The van der Waals surface area contributed by atoms with Crippen molar-refractivity contribution >= 4 is 0 Å². The highest BCUT2D eigenvalue weighted by Gasteiger charge is 2.14. The Labute approximate surface area is 176 Å². The van der Waals surface area contributed by atoms with Gasteiger partial charge in [0, 0.05) is 18.4 Å². The van der Waals surface area contributed by atoms with Crippen LogP contribution in [0.3, 0.4) is 0 Å². The van der Waals surface area contributed by atoms with Gasteiger partial charge in [-0.15, -0.1) is 6.58 Å². The molecule has 4 nitrogen and oxygen atoms in total. The SMILES string of the molecule is C=CCOC[C@@H](C)[C@H](C)Oc1ccccc1.C[C@H](CO)[C@H](C)Oc1ccccc1. The van der Waals surface area contributed by atoms with Gasteiger partial charge in [0.15, 0.2) is 0 Å². The third kappa shape index (κ3) is 10.7. The van der Waals surface area contributed by atoms with Crippen LogP contribution in [0.2, 0.25) is 0 Å². The van der Waals surface area contributed by atoms with Crippen LogP contribution in [-0.4, -0.2) is 37.1 Å². The van der Waals surface area contributed by atoms with E-state index in [0.29, 0.717) is 19.1 Å². The Hall–Kier alpha value is -2.30. The van der Waals surface area contributed by atoms with Crippen molar-refractivity contribution in [3.05, 3.63) is 73.3 Å². The van der Waals surface area contributed by atoms with E-state index in [1.165, 1.54) is 0 Å². The maximum absolute atomic E-state index is 8.90. The lowest BCUT2D eigenvalue weighted by atomic mass is 10.1. The fourth-order valence-electron chi connectivity index (χ4n) is 2.28. The molecule has 160 valence electrons. The van der Waals surface area contributed by atoms with Gasteiger partial charge < -0.3 is 19.3 Å². The van der Waals surface area contributed by atoms with E-state index in [4.69, 9.17) is 19.3 Å². The molecule has 0 fully saturated rings. The van der Waals surface area contributed by atoms with Gasteiger partial charge in [-0.05, 0) is 38.1 Å². The average Bonchev–Trinajstić information content (AvgIpc) is 2.75. The molecule has 4 heteroatoms. The van der Waals surface area contributed by atoms with E-state index in [1.807, 2.05) is 74.5 Å². The molecule has 0 saturated carbocycles. The zero-order valence-corrected chi connectivity index (χ0v) is 18.2. The van der Waals surface area contributed by atoms with Crippen LogP contribution in [-0.2, 0) is 4.74 Å². The van der Waals surface area contributed by atoms with E-state index >= 15 is 0 Å². The summed E-state index contributed by atoms with van der Waals surface area (Å²) in [6, 6.07) is 19.5. The molecule has 0 aliphatic heterocycles. The molecule has 0 bridgehead atoms.